The standard InChI is InChI=1S/C23H21N3O6S/c1-3-32-16-7-8-17-18(12-16)33-23(25(17)13-21(29)31-2)24-22(30)14-5-4-6-15(11-14)26-19(27)9-10-20(26)28/h4-8,11-12H,3,9-10,13H2,1-2H3. The predicted molar refractivity (Wildman–Crippen MR) is 121 cm³/mol. The average Bonchev–Trinajstić information content (AvgIpc) is 3.32. The summed E-state index contributed by atoms with van der Waals surface area (Å²) in [6.07, 6.45) is 0.306. The summed E-state index contributed by atoms with van der Waals surface area (Å²) >= 11 is 1.24. The van der Waals surface area contributed by atoms with E-state index in [2.05, 4.69) is 4.99 Å². The van der Waals surface area contributed by atoms with Crippen molar-refractivity contribution < 1.29 is 28.7 Å². The highest BCUT2D eigenvalue weighted by Crippen LogP contribution is 2.25. The predicted octanol–water partition coefficient (Wildman–Crippen LogP) is 2.67. The van der Waals surface area contributed by atoms with Crippen molar-refractivity contribution in [1.82, 2.24) is 4.57 Å². The van der Waals surface area contributed by atoms with E-state index in [9.17, 15) is 19.2 Å². The van der Waals surface area contributed by atoms with Crippen LogP contribution in [0.5, 0.6) is 5.75 Å². The smallest absolute Gasteiger partial charge is 0.325 e. The van der Waals surface area contributed by atoms with E-state index in [-0.39, 0.29) is 36.8 Å². The Bertz CT molecular complexity index is 1320. The van der Waals surface area contributed by atoms with Crippen LogP contribution < -0.4 is 14.4 Å². The first-order chi connectivity index (χ1) is 15.9. The number of benzene rings is 2. The molecule has 0 unspecified atom stereocenters. The molecular weight excluding hydrogens is 446 g/mol. The molecule has 0 aliphatic carbocycles. The fraction of sp³-hybridized carbons (Fsp3) is 0.261. The maximum Gasteiger partial charge on any atom is 0.325 e. The summed E-state index contributed by atoms with van der Waals surface area (Å²) in [6.45, 7) is 2.27. The molecule has 0 saturated carbocycles. The zero-order chi connectivity index (χ0) is 23.5. The summed E-state index contributed by atoms with van der Waals surface area (Å²) in [5, 5.41) is 0. The van der Waals surface area contributed by atoms with Crippen molar-refractivity contribution in [2.75, 3.05) is 18.6 Å². The van der Waals surface area contributed by atoms with Gasteiger partial charge in [-0.1, -0.05) is 17.4 Å². The lowest BCUT2D eigenvalue weighted by atomic mass is 10.2. The van der Waals surface area contributed by atoms with Gasteiger partial charge in [-0.05, 0) is 43.3 Å². The van der Waals surface area contributed by atoms with Crippen molar-refractivity contribution in [2.24, 2.45) is 4.99 Å². The van der Waals surface area contributed by atoms with Gasteiger partial charge >= 0.3 is 5.97 Å². The van der Waals surface area contributed by atoms with E-state index in [4.69, 9.17) is 9.47 Å². The van der Waals surface area contributed by atoms with Crippen LogP contribution in [-0.2, 0) is 25.7 Å². The zero-order valence-corrected chi connectivity index (χ0v) is 18.9. The van der Waals surface area contributed by atoms with E-state index >= 15 is 0 Å². The van der Waals surface area contributed by atoms with Crippen LogP contribution >= 0.6 is 11.3 Å². The molecule has 10 heteroatoms. The molecule has 0 bridgehead atoms. The first kappa shape index (κ1) is 22.4. The summed E-state index contributed by atoms with van der Waals surface area (Å²) in [5.41, 5.74) is 1.27. The Labute approximate surface area is 192 Å². The third-order valence-corrected chi connectivity index (χ3v) is 6.12. The van der Waals surface area contributed by atoms with Crippen molar-refractivity contribution in [1.29, 1.82) is 0 Å². The van der Waals surface area contributed by atoms with Crippen molar-refractivity contribution in [3.05, 3.63) is 52.8 Å². The number of nitrogens with zero attached hydrogens (tertiary/aromatic N) is 3. The van der Waals surface area contributed by atoms with Crippen molar-refractivity contribution in [3.8, 4) is 5.75 Å². The van der Waals surface area contributed by atoms with E-state index in [1.165, 1.54) is 24.5 Å². The SMILES string of the molecule is CCOc1ccc2c(c1)sc(=NC(=O)c1cccc(N3C(=O)CCC3=O)c1)n2CC(=O)OC. The number of methoxy groups -OCH3 is 1. The maximum atomic E-state index is 13.0. The largest absolute Gasteiger partial charge is 0.494 e. The Kier molecular flexibility index (Phi) is 6.36. The van der Waals surface area contributed by atoms with Crippen LogP contribution in [0.25, 0.3) is 10.2 Å². The monoisotopic (exact) mass is 467 g/mol. The van der Waals surface area contributed by atoms with E-state index in [1.54, 1.807) is 34.9 Å². The fourth-order valence-corrected chi connectivity index (χ4v) is 4.59. The van der Waals surface area contributed by atoms with E-state index in [1.807, 2.05) is 13.0 Å². The van der Waals surface area contributed by atoms with E-state index in [0.717, 1.165) is 9.60 Å². The van der Waals surface area contributed by atoms with Crippen LogP contribution in [-0.4, -0.2) is 42.0 Å². The number of amides is 3. The normalized spacial score (nSPS) is 14.2. The number of anilines is 1. The molecular formula is C23H21N3O6S. The Balaban J connectivity index is 1.76. The summed E-state index contributed by atoms with van der Waals surface area (Å²) in [6, 6.07) is 11.6. The van der Waals surface area contributed by atoms with Crippen LogP contribution in [0.1, 0.15) is 30.1 Å². The van der Waals surface area contributed by atoms with Crippen LogP contribution in [0, 0.1) is 0 Å². The summed E-state index contributed by atoms with van der Waals surface area (Å²) < 4.78 is 12.7. The van der Waals surface area contributed by atoms with Gasteiger partial charge in [-0.25, -0.2) is 0 Å². The van der Waals surface area contributed by atoms with Gasteiger partial charge in [0.05, 0.1) is 29.6 Å². The summed E-state index contributed by atoms with van der Waals surface area (Å²) in [7, 11) is 1.29. The number of rotatable bonds is 6. The zero-order valence-electron chi connectivity index (χ0n) is 18.1. The van der Waals surface area contributed by atoms with Gasteiger partial charge in [-0.3, -0.25) is 24.1 Å². The number of ether oxygens (including phenoxy) is 2. The highest BCUT2D eigenvalue weighted by molar-refractivity contribution is 7.16. The molecule has 1 fully saturated rings. The molecule has 3 amide bonds. The van der Waals surface area contributed by atoms with Crippen molar-refractivity contribution >= 4 is 50.9 Å². The molecule has 0 radical (unpaired) electrons. The number of thiazole rings is 1. The van der Waals surface area contributed by atoms with Crippen LogP contribution in [0.3, 0.4) is 0 Å². The number of carbonyl (C=O) groups is 4. The molecule has 1 saturated heterocycles. The number of aromatic nitrogens is 1. The van der Waals surface area contributed by atoms with Crippen LogP contribution in [0.2, 0.25) is 0 Å². The molecule has 1 aliphatic rings. The average molecular weight is 468 g/mol. The minimum atomic E-state index is -0.564. The van der Waals surface area contributed by atoms with Crippen molar-refractivity contribution in [2.45, 2.75) is 26.3 Å². The van der Waals surface area contributed by atoms with Gasteiger partial charge in [0.25, 0.3) is 5.91 Å². The van der Waals surface area contributed by atoms with E-state index in [0.29, 0.717) is 28.4 Å². The Morgan fingerprint density at radius 2 is 1.85 bits per heavy atom. The summed E-state index contributed by atoms with van der Waals surface area (Å²) in [5.74, 6) is -0.974. The molecule has 0 atom stereocenters. The molecule has 1 aliphatic heterocycles. The van der Waals surface area contributed by atoms with Gasteiger partial charge < -0.3 is 14.0 Å². The van der Waals surface area contributed by atoms with Gasteiger partial charge in [0.1, 0.15) is 12.3 Å². The van der Waals surface area contributed by atoms with Gasteiger partial charge in [0.15, 0.2) is 4.80 Å². The second kappa shape index (κ2) is 9.37. The van der Waals surface area contributed by atoms with Gasteiger partial charge in [0.2, 0.25) is 11.8 Å². The third-order valence-electron chi connectivity index (χ3n) is 5.08. The van der Waals surface area contributed by atoms with E-state index < -0.39 is 11.9 Å². The maximum absolute atomic E-state index is 13.0. The number of carbonyl (C=O) groups excluding carboxylic acids is 4. The molecule has 0 spiro atoms. The van der Waals surface area contributed by atoms with Gasteiger partial charge in [-0.15, -0.1) is 0 Å². The molecule has 4 rings (SSSR count). The van der Waals surface area contributed by atoms with Crippen LogP contribution in [0.4, 0.5) is 5.69 Å². The molecule has 1 aromatic heterocycles. The Hall–Kier alpha value is -3.79. The van der Waals surface area contributed by atoms with Crippen LogP contribution in [0.15, 0.2) is 47.5 Å². The lowest BCUT2D eigenvalue weighted by Crippen LogP contribution is -2.28. The third kappa shape index (κ3) is 4.56. The highest BCUT2D eigenvalue weighted by Gasteiger charge is 2.30. The first-order valence-corrected chi connectivity index (χ1v) is 11.1. The number of hydrogen-bond donors (Lipinski definition) is 0. The highest BCUT2D eigenvalue weighted by atomic mass is 32.1. The van der Waals surface area contributed by atoms with Gasteiger partial charge in [0, 0.05) is 18.4 Å². The number of esters is 1. The molecule has 0 N–H and O–H groups in total. The topological polar surface area (TPSA) is 107 Å². The molecule has 33 heavy (non-hydrogen) atoms. The quantitative estimate of drug-likeness (QED) is 0.408. The van der Waals surface area contributed by atoms with Gasteiger partial charge in [-0.2, -0.15) is 4.99 Å². The molecule has 3 aromatic rings. The van der Waals surface area contributed by atoms with Crippen molar-refractivity contribution in [3.63, 3.8) is 0 Å². The molecule has 2 heterocycles. The minimum Gasteiger partial charge on any atom is -0.494 e. The lowest BCUT2D eigenvalue weighted by Gasteiger charge is -2.14. The fourth-order valence-electron chi connectivity index (χ4n) is 3.54. The number of fused-ring (bicyclic) bond motifs is 1. The Morgan fingerprint density at radius 3 is 2.55 bits per heavy atom. The second-order valence-electron chi connectivity index (χ2n) is 7.20. The Morgan fingerprint density at radius 1 is 1.09 bits per heavy atom. The second-order valence-corrected chi connectivity index (χ2v) is 8.21. The molecule has 9 nitrogen and oxygen atoms in total. The summed E-state index contributed by atoms with van der Waals surface area (Å²) in [4.78, 5) is 54.7. The lowest BCUT2D eigenvalue weighted by molar-refractivity contribution is -0.141. The number of imide groups is 1. The molecule has 170 valence electrons. The first-order valence-electron chi connectivity index (χ1n) is 10.3. The molecule has 2 aromatic carbocycles. The minimum absolute atomic E-state index is 0.118. The number of hydrogen-bond acceptors (Lipinski definition) is 7.